The molecule has 2 atom stereocenters. The first kappa shape index (κ1) is 11.1. The SMILES string of the molecule is CC1CCCCCC1N1CCC(=O)CC1. The van der Waals surface area contributed by atoms with Crippen molar-refractivity contribution in [3.05, 3.63) is 0 Å². The second-order valence-corrected chi connectivity index (χ2v) is 5.26. The highest BCUT2D eigenvalue weighted by atomic mass is 16.1. The summed E-state index contributed by atoms with van der Waals surface area (Å²) < 4.78 is 0. The van der Waals surface area contributed by atoms with Gasteiger partial charge < -0.3 is 0 Å². The minimum Gasteiger partial charge on any atom is -0.300 e. The molecular weight excluding hydrogens is 186 g/mol. The second-order valence-electron chi connectivity index (χ2n) is 5.26. The first-order valence-corrected chi connectivity index (χ1v) is 6.53. The zero-order chi connectivity index (χ0) is 10.7. The summed E-state index contributed by atoms with van der Waals surface area (Å²) in [5, 5.41) is 0. The molecular formula is C13H23NO. The molecule has 2 fully saturated rings. The van der Waals surface area contributed by atoms with E-state index < -0.39 is 0 Å². The highest BCUT2D eigenvalue weighted by molar-refractivity contribution is 5.79. The third-order valence-corrected chi connectivity index (χ3v) is 4.14. The monoisotopic (exact) mass is 209 g/mol. The number of rotatable bonds is 1. The van der Waals surface area contributed by atoms with E-state index in [1.54, 1.807) is 0 Å². The number of likely N-dealkylation sites (tertiary alicyclic amines) is 1. The molecule has 15 heavy (non-hydrogen) atoms. The van der Waals surface area contributed by atoms with Crippen LogP contribution in [0.25, 0.3) is 0 Å². The van der Waals surface area contributed by atoms with Gasteiger partial charge in [-0.3, -0.25) is 9.69 Å². The van der Waals surface area contributed by atoms with Crippen molar-refractivity contribution in [3.8, 4) is 0 Å². The van der Waals surface area contributed by atoms with Crippen molar-refractivity contribution in [2.75, 3.05) is 13.1 Å². The van der Waals surface area contributed by atoms with E-state index >= 15 is 0 Å². The molecule has 0 aromatic carbocycles. The molecule has 2 rings (SSSR count). The molecule has 0 radical (unpaired) electrons. The fraction of sp³-hybridized carbons (Fsp3) is 0.923. The van der Waals surface area contributed by atoms with Gasteiger partial charge in [0.05, 0.1) is 0 Å². The van der Waals surface area contributed by atoms with E-state index in [1.807, 2.05) is 0 Å². The van der Waals surface area contributed by atoms with E-state index in [0.29, 0.717) is 5.78 Å². The van der Waals surface area contributed by atoms with Crippen LogP contribution in [0, 0.1) is 5.92 Å². The van der Waals surface area contributed by atoms with Crippen molar-refractivity contribution in [1.29, 1.82) is 0 Å². The smallest absolute Gasteiger partial charge is 0.135 e. The Bertz CT molecular complexity index is 217. The minimum absolute atomic E-state index is 0.465. The van der Waals surface area contributed by atoms with Crippen LogP contribution in [0.2, 0.25) is 0 Å². The largest absolute Gasteiger partial charge is 0.300 e. The quantitative estimate of drug-likeness (QED) is 0.619. The van der Waals surface area contributed by atoms with E-state index in [4.69, 9.17) is 0 Å². The van der Waals surface area contributed by atoms with Gasteiger partial charge in [-0.2, -0.15) is 0 Å². The molecule has 2 heteroatoms. The molecule has 0 amide bonds. The van der Waals surface area contributed by atoms with Crippen molar-refractivity contribution < 1.29 is 4.79 Å². The van der Waals surface area contributed by atoms with E-state index in [0.717, 1.165) is 37.9 Å². The Hall–Kier alpha value is -0.370. The average molecular weight is 209 g/mol. The summed E-state index contributed by atoms with van der Waals surface area (Å²) in [5.41, 5.74) is 0. The fourth-order valence-corrected chi connectivity index (χ4v) is 3.12. The minimum atomic E-state index is 0.465. The lowest BCUT2D eigenvalue weighted by molar-refractivity contribution is -0.122. The van der Waals surface area contributed by atoms with E-state index in [1.165, 1.54) is 32.1 Å². The number of hydrogen-bond donors (Lipinski definition) is 0. The van der Waals surface area contributed by atoms with Crippen molar-refractivity contribution in [2.24, 2.45) is 5.92 Å². The van der Waals surface area contributed by atoms with Crippen LogP contribution < -0.4 is 0 Å². The lowest BCUT2D eigenvalue weighted by Crippen LogP contribution is -2.44. The molecule has 0 spiro atoms. The molecule has 1 saturated carbocycles. The normalized spacial score (nSPS) is 35.1. The molecule has 2 nitrogen and oxygen atoms in total. The fourth-order valence-electron chi connectivity index (χ4n) is 3.12. The predicted octanol–water partition coefficient (Wildman–Crippen LogP) is 2.62. The van der Waals surface area contributed by atoms with Crippen LogP contribution in [-0.4, -0.2) is 29.8 Å². The molecule has 1 aliphatic carbocycles. The van der Waals surface area contributed by atoms with Crippen LogP contribution in [0.4, 0.5) is 0 Å². The van der Waals surface area contributed by atoms with E-state index in [2.05, 4.69) is 11.8 Å². The Morgan fingerprint density at radius 1 is 1.07 bits per heavy atom. The van der Waals surface area contributed by atoms with Gasteiger partial charge in [-0.1, -0.05) is 26.2 Å². The number of piperidine rings is 1. The van der Waals surface area contributed by atoms with Gasteiger partial charge in [0.2, 0.25) is 0 Å². The number of carbonyl (C=O) groups excluding carboxylic acids is 1. The van der Waals surface area contributed by atoms with Crippen LogP contribution in [0.3, 0.4) is 0 Å². The molecule has 0 N–H and O–H groups in total. The van der Waals surface area contributed by atoms with Gasteiger partial charge in [0.15, 0.2) is 0 Å². The number of carbonyl (C=O) groups is 1. The van der Waals surface area contributed by atoms with Crippen LogP contribution in [-0.2, 0) is 4.79 Å². The van der Waals surface area contributed by atoms with Gasteiger partial charge in [-0.05, 0) is 18.8 Å². The molecule has 2 unspecified atom stereocenters. The molecule has 1 saturated heterocycles. The molecule has 1 aliphatic heterocycles. The van der Waals surface area contributed by atoms with Crippen molar-refractivity contribution in [3.63, 3.8) is 0 Å². The Kier molecular flexibility index (Phi) is 3.79. The van der Waals surface area contributed by atoms with Crippen LogP contribution >= 0.6 is 0 Å². The zero-order valence-electron chi connectivity index (χ0n) is 9.87. The maximum Gasteiger partial charge on any atom is 0.135 e. The van der Waals surface area contributed by atoms with Crippen molar-refractivity contribution >= 4 is 5.78 Å². The zero-order valence-corrected chi connectivity index (χ0v) is 9.87. The number of hydrogen-bond acceptors (Lipinski definition) is 2. The number of Topliss-reactive ketones (excluding diaryl/α,β-unsaturated/α-hetero) is 1. The highest BCUT2D eigenvalue weighted by Gasteiger charge is 2.28. The Labute approximate surface area is 93.0 Å². The van der Waals surface area contributed by atoms with Gasteiger partial charge in [0.25, 0.3) is 0 Å². The summed E-state index contributed by atoms with van der Waals surface area (Å²) in [6.45, 7) is 4.44. The molecule has 0 bridgehead atoms. The lowest BCUT2D eigenvalue weighted by Gasteiger charge is -2.36. The van der Waals surface area contributed by atoms with Crippen molar-refractivity contribution in [2.45, 2.75) is 57.9 Å². The van der Waals surface area contributed by atoms with Gasteiger partial charge in [0, 0.05) is 32.0 Å². The molecule has 2 aliphatic rings. The summed E-state index contributed by atoms with van der Waals surface area (Å²) >= 11 is 0. The van der Waals surface area contributed by atoms with Gasteiger partial charge in [0.1, 0.15) is 5.78 Å². The maximum atomic E-state index is 11.2. The van der Waals surface area contributed by atoms with Gasteiger partial charge >= 0.3 is 0 Å². The molecule has 0 aromatic rings. The maximum absolute atomic E-state index is 11.2. The Morgan fingerprint density at radius 3 is 2.47 bits per heavy atom. The number of ketones is 1. The highest BCUT2D eigenvalue weighted by Crippen LogP contribution is 2.28. The van der Waals surface area contributed by atoms with Crippen LogP contribution in [0.1, 0.15) is 51.9 Å². The second kappa shape index (κ2) is 5.11. The van der Waals surface area contributed by atoms with Gasteiger partial charge in [-0.15, -0.1) is 0 Å². The van der Waals surface area contributed by atoms with Gasteiger partial charge in [-0.25, -0.2) is 0 Å². The Morgan fingerprint density at radius 2 is 1.73 bits per heavy atom. The lowest BCUT2D eigenvalue weighted by atomic mass is 9.93. The van der Waals surface area contributed by atoms with Crippen LogP contribution in [0.5, 0.6) is 0 Å². The summed E-state index contributed by atoms with van der Waals surface area (Å²) in [4.78, 5) is 13.8. The number of nitrogens with zero attached hydrogens (tertiary/aromatic N) is 1. The summed E-state index contributed by atoms with van der Waals surface area (Å²) in [6, 6.07) is 0.764. The Balaban J connectivity index is 1.92. The molecule has 1 heterocycles. The summed E-state index contributed by atoms with van der Waals surface area (Å²) in [5.74, 6) is 1.30. The summed E-state index contributed by atoms with van der Waals surface area (Å²) in [7, 11) is 0. The van der Waals surface area contributed by atoms with E-state index in [-0.39, 0.29) is 0 Å². The topological polar surface area (TPSA) is 20.3 Å². The standard InChI is InChI=1S/C13H23NO/c1-11-5-3-2-4-6-13(11)14-9-7-12(15)8-10-14/h11,13H,2-10H2,1H3. The summed E-state index contributed by atoms with van der Waals surface area (Å²) in [6.07, 6.45) is 8.54. The third-order valence-electron chi connectivity index (χ3n) is 4.14. The molecule has 86 valence electrons. The first-order valence-electron chi connectivity index (χ1n) is 6.53. The predicted molar refractivity (Wildman–Crippen MR) is 61.9 cm³/mol. The third kappa shape index (κ3) is 2.81. The van der Waals surface area contributed by atoms with E-state index in [9.17, 15) is 4.79 Å². The van der Waals surface area contributed by atoms with Crippen LogP contribution in [0.15, 0.2) is 0 Å². The van der Waals surface area contributed by atoms with Crippen molar-refractivity contribution in [1.82, 2.24) is 4.90 Å². The first-order chi connectivity index (χ1) is 7.27. The average Bonchev–Trinajstić information content (AvgIpc) is 2.44. The molecule has 0 aromatic heterocycles.